The predicted molar refractivity (Wildman–Crippen MR) is 102 cm³/mol. The minimum Gasteiger partial charge on any atom is -0.330 e. The van der Waals surface area contributed by atoms with E-state index in [2.05, 4.69) is 4.90 Å². The van der Waals surface area contributed by atoms with Gasteiger partial charge in [-0.2, -0.15) is 0 Å². The lowest BCUT2D eigenvalue weighted by molar-refractivity contribution is -0.117. The number of nitrogens with zero attached hydrogens (tertiary/aromatic N) is 2. The Balaban J connectivity index is 2.33. The fourth-order valence-electron chi connectivity index (χ4n) is 3.44. The molecular weight excluding hydrogens is 345 g/mol. The van der Waals surface area contributed by atoms with Gasteiger partial charge in [-0.05, 0) is 69.9 Å². The van der Waals surface area contributed by atoms with Gasteiger partial charge in [-0.3, -0.25) is 4.79 Å². The lowest BCUT2D eigenvalue weighted by atomic mass is 10.1. The number of likely N-dealkylation sites (tertiary alicyclic amines) is 1. The topological polar surface area (TPSA) is 49.6 Å². The highest BCUT2D eigenvalue weighted by molar-refractivity contribution is 6.42. The Morgan fingerprint density at radius 1 is 1.33 bits per heavy atom. The SMILES string of the molecule is CC(=O)N(c1ccc(Cl)c(Cl)c1C)C(CCCN)CN1CCCC1. The van der Waals surface area contributed by atoms with Crippen molar-refractivity contribution >= 4 is 34.8 Å². The summed E-state index contributed by atoms with van der Waals surface area (Å²) in [4.78, 5) is 16.8. The number of benzene rings is 1. The Hall–Kier alpha value is -0.810. The maximum absolute atomic E-state index is 12.5. The van der Waals surface area contributed by atoms with Crippen LogP contribution in [0.3, 0.4) is 0 Å². The van der Waals surface area contributed by atoms with Crippen LogP contribution in [0.2, 0.25) is 10.0 Å². The Kier molecular flexibility index (Phi) is 7.35. The first-order chi connectivity index (χ1) is 11.5. The Morgan fingerprint density at radius 3 is 2.58 bits per heavy atom. The number of anilines is 1. The van der Waals surface area contributed by atoms with Gasteiger partial charge in [0.2, 0.25) is 5.91 Å². The van der Waals surface area contributed by atoms with E-state index in [9.17, 15) is 4.79 Å². The highest BCUT2D eigenvalue weighted by atomic mass is 35.5. The molecule has 1 aromatic rings. The fourth-order valence-corrected chi connectivity index (χ4v) is 3.81. The lowest BCUT2D eigenvalue weighted by Crippen LogP contribution is -2.46. The predicted octanol–water partition coefficient (Wildman–Crippen LogP) is 3.86. The molecule has 24 heavy (non-hydrogen) atoms. The summed E-state index contributed by atoms with van der Waals surface area (Å²) in [5, 5.41) is 1.03. The summed E-state index contributed by atoms with van der Waals surface area (Å²) in [5.41, 5.74) is 7.41. The van der Waals surface area contributed by atoms with E-state index in [4.69, 9.17) is 28.9 Å². The van der Waals surface area contributed by atoms with E-state index >= 15 is 0 Å². The van der Waals surface area contributed by atoms with Gasteiger partial charge in [-0.25, -0.2) is 0 Å². The van der Waals surface area contributed by atoms with E-state index in [0.29, 0.717) is 16.6 Å². The van der Waals surface area contributed by atoms with Gasteiger partial charge in [0.25, 0.3) is 0 Å². The second-order valence-corrected chi connectivity index (χ2v) is 7.27. The van der Waals surface area contributed by atoms with Crippen molar-refractivity contribution in [2.24, 2.45) is 5.73 Å². The van der Waals surface area contributed by atoms with Crippen LogP contribution in [0.5, 0.6) is 0 Å². The highest BCUT2D eigenvalue weighted by Crippen LogP contribution is 2.34. The molecule has 1 unspecified atom stereocenters. The third-order valence-electron chi connectivity index (χ3n) is 4.68. The molecule has 6 heteroatoms. The molecule has 1 heterocycles. The number of carbonyl (C=O) groups excluding carboxylic acids is 1. The molecule has 1 aliphatic heterocycles. The van der Waals surface area contributed by atoms with Gasteiger partial charge in [0.05, 0.1) is 10.0 Å². The molecule has 1 aromatic carbocycles. The third-order valence-corrected chi connectivity index (χ3v) is 5.58. The monoisotopic (exact) mass is 371 g/mol. The van der Waals surface area contributed by atoms with Crippen molar-refractivity contribution < 1.29 is 4.79 Å². The van der Waals surface area contributed by atoms with Gasteiger partial charge in [-0.1, -0.05) is 23.2 Å². The molecule has 2 N–H and O–H groups in total. The molecule has 0 aromatic heterocycles. The molecule has 0 spiro atoms. The highest BCUT2D eigenvalue weighted by Gasteiger charge is 2.27. The maximum Gasteiger partial charge on any atom is 0.224 e. The third kappa shape index (κ3) is 4.63. The molecule has 0 saturated carbocycles. The van der Waals surface area contributed by atoms with E-state index in [-0.39, 0.29) is 11.9 Å². The molecule has 2 rings (SSSR count). The largest absolute Gasteiger partial charge is 0.330 e. The van der Waals surface area contributed by atoms with Crippen molar-refractivity contribution in [3.8, 4) is 0 Å². The van der Waals surface area contributed by atoms with Gasteiger partial charge in [0.1, 0.15) is 0 Å². The molecule has 1 fully saturated rings. The van der Waals surface area contributed by atoms with E-state index in [1.165, 1.54) is 12.8 Å². The summed E-state index contributed by atoms with van der Waals surface area (Å²) in [7, 11) is 0. The normalized spacial score (nSPS) is 16.4. The molecule has 1 atom stereocenters. The summed E-state index contributed by atoms with van der Waals surface area (Å²) in [5.74, 6) is 0.0257. The summed E-state index contributed by atoms with van der Waals surface area (Å²) >= 11 is 12.4. The van der Waals surface area contributed by atoms with E-state index in [1.54, 1.807) is 13.0 Å². The molecule has 1 amide bonds. The number of halogens is 2. The van der Waals surface area contributed by atoms with Crippen LogP contribution in [0, 0.1) is 6.92 Å². The van der Waals surface area contributed by atoms with Crippen LogP contribution in [0.4, 0.5) is 5.69 Å². The lowest BCUT2D eigenvalue weighted by Gasteiger charge is -2.35. The summed E-state index contributed by atoms with van der Waals surface area (Å²) in [6, 6.07) is 3.75. The Bertz CT molecular complexity index is 574. The van der Waals surface area contributed by atoms with Crippen molar-refractivity contribution in [2.75, 3.05) is 31.1 Å². The second-order valence-electron chi connectivity index (χ2n) is 6.49. The molecule has 0 aliphatic carbocycles. The van der Waals surface area contributed by atoms with E-state index in [0.717, 1.165) is 43.7 Å². The van der Waals surface area contributed by atoms with Crippen molar-refractivity contribution in [2.45, 2.75) is 45.6 Å². The number of amides is 1. The zero-order valence-electron chi connectivity index (χ0n) is 14.5. The van der Waals surface area contributed by atoms with Gasteiger partial charge in [0.15, 0.2) is 0 Å². The standard InChI is InChI=1S/C18H27Cl2N3O/c1-13-17(8-7-16(19)18(13)20)23(14(2)24)15(6-5-9-21)12-22-10-3-4-11-22/h7-8,15H,3-6,9-12,21H2,1-2H3. The molecule has 4 nitrogen and oxygen atoms in total. The first kappa shape index (κ1) is 19.5. The number of hydrogen-bond acceptors (Lipinski definition) is 3. The average molecular weight is 372 g/mol. The van der Waals surface area contributed by atoms with Gasteiger partial charge in [-0.15, -0.1) is 0 Å². The first-order valence-corrected chi connectivity index (χ1v) is 9.38. The smallest absolute Gasteiger partial charge is 0.224 e. The van der Waals surface area contributed by atoms with Crippen molar-refractivity contribution in [1.29, 1.82) is 0 Å². The Labute approximate surface area is 154 Å². The first-order valence-electron chi connectivity index (χ1n) is 8.62. The molecule has 0 bridgehead atoms. The van der Waals surface area contributed by atoms with Crippen LogP contribution in [-0.4, -0.2) is 43.0 Å². The van der Waals surface area contributed by atoms with Crippen molar-refractivity contribution in [3.63, 3.8) is 0 Å². The summed E-state index contributed by atoms with van der Waals surface area (Å²) in [6.07, 6.45) is 4.24. The molecular formula is C18H27Cl2N3O. The van der Waals surface area contributed by atoms with Crippen LogP contribution in [-0.2, 0) is 4.79 Å². The number of rotatable bonds is 7. The molecule has 1 aliphatic rings. The Morgan fingerprint density at radius 2 is 2.00 bits per heavy atom. The molecule has 134 valence electrons. The molecule has 0 radical (unpaired) electrons. The van der Waals surface area contributed by atoms with Crippen LogP contribution >= 0.6 is 23.2 Å². The number of hydrogen-bond donors (Lipinski definition) is 1. The minimum atomic E-state index is 0.0257. The van der Waals surface area contributed by atoms with Crippen molar-refractivity contribution in [3.05, 3.63) is 27.7 Å². The van der Waals surface area contributed by atoms with E-state index < -0.39 is 0 Å². The van der Waals surface area contributed by atoms with Crippen molar-refractivity contribution in [1.82, 2.24) is 4.90 Å². The maximum atomic E-state index is 12.5. The fraction of sp³-hybridized carbons (Fsp3) is 0.611. The zero-order valence-corrected chi connectivity index (χ0v) is 16.0. The minimum absolute atomic E-state index is 0.0257. The quantitative estimate of drug-likeness (QED) is 0.791. The number of carbonyl (C=O) groups is 1. The molecule has 1 saturated heterocycles. The van der Waals surface area contributed by atoms with Gasteiger partial charge < -0.3 is 15.5 Å². The van der Waals surface area contributed by atoms with Crippen LogP contribution in [0.25, 0.3) is 0 Å². The van der Waals surface area contributed by atoms with Crippen LogP contribution < -0.4 is 10.6 Å². The number of nitrogens with two attached hydrogens (primary N) is 1. The van der Waals surface area contributed by atoms with Crippen LogP contribution in [0.1, 0.15) is 38.2 Å². The summed E-state index contributed by atoms with van der Waals surface area (Å²) in [6.45, 7) is 7.23. The van der Waals surface area contributed by atoms with Gasteiger partial charge in [0, 0.05) is 25.2 Å². The van der Waals surface area contributed by atoms with Gasteiger partial charge >= 0.3 is 0 Å². The van der Waals surface area contributed by atoms with E-state index in [1.807, 2.05) is 17.9 Å². The van der Waals surface area contributed by atoms with Crippen LogP contribution in [0.15, 0.2) is 12.1 Å². The average Bonchev–Trinajstić information content (AvgIpc) is 3.05. The zero-order chi connectivity index (χ0) is 17.7. The second kappa shape index (κ2) is 9.04. The summed E-state index contributed by atoms with van der Waals surface area (Å²) < 4.78 is 0.